The average molecular weight is 352 g/mol. The predicted octanol–water partition coefficient (Wildman–Crippen LogP) is 3.04. The fourth-order valence-electron chi connectivity index (χ4n) is 3.31. The summed E-state index contributed by atoms with van der Waals surface area (Å²) in [6.07, 6.45) is 1.50. The second-order valence-corrected chi connectivity index (χ2v) is 6.56. The SMILES string of the molecule is COc1ccccc1C(=O)NC1CCN(C(=O)c2ccccc2C)CC1. The van der Waals surface area contributed by atoms with Crippen molar-refractivity contribution in [2.45, 2.75) is 25.8 Å². The van der Waals surface area contributed by atoms with Crippen LogP contribution in [0.25, 0.3) is 0 Å². The first kappa shape index (κ1) is 18.0. The van der Waals surface area contributed by atoms with Gasteiger partial charge in [0.15, 0.2) is 0 Å². The van der Waals surface area contributed by atoms with Gasteiger partial charge < -0.3 is 15.0 Å². The lowest BCUT2D eigenvalue weighted by Crippen LogP contribution is -2.46. The van der Waals surface area contributed by atoms with Crippen molar-refractivity contribution in [3.63, 3.8) is 0 Å². The predicted molar refractivity (Wildman–Crippen MR) is 101 cm³/mol. The highest BCUT2D eigenvalue weighted by Gasteiger charge is 2.26. The van der Waals surface area contributed by atoms with Gasteiger partial charge in [0.25, 0.3) is 11.8 Å². The lowest BCUT2D eigenvalue weighted by atomic mass is 10.0. The summed E-state index contributed by atoms with van der Waals surface area (Å²) < 4.78 is 5.25. The largest absolute Gasteiger partial charge is 0.496 e. The number of carbonyl (C=O) groups is 2. The van der Waals surface area contributed by atoms with Crippen molar-refractivity contribution in [1.29, 1.82) is 0 Å². The van der Waals surface area contributed by atoms with E-state index in [9.17, 15) is 9.59 Å². The maximum Gasteiger partial charge on any atom is 0.255 e. The van der Waals surface area contributed by atoms with Gasteiger partial charge in [-0.1, -0.05) is 30.3 Å². The summed E-state index contributed by atoms with van der Waals surface area (Å²) in [7, 11) is 1.56. The fourth-order valence-corrected chi connectivity index (χ4v) is 3.31. The molecule has 0 unspecified atom stereocenters. The van der Waals surface area contributed by atoms with Gasteiger partial charge in [0, 0.05) is 24.7 Å². The minimum absolute atomic E-state index is 0.0633. The third kappa shape index (κ3) is 3.87. The molecule has 2 aromatic rings. The molecule has 0 aliphatic carbocycles. The van der Waals surface area contributed by atoms with Gasteiger partial charge in [-0.05, 0) is 43.5 Å². The monoisotopic (exact) mass is 352 g/mol. The van der Waals surface area contributed by atoms with Gasteiger partial charge in [-0.25, -0.2) is 0 Å². The van der Waals surface area contributed by atoms with Gasteiger partial charge in [0.2, 0.25) is 0 Å². The van der Waals surface area contributed by atoms with E-state index in [-0.39, 0.29) is 17.9 Å². The smallest absolute Gasteiger partial charge is 0.255 e. The highest BCUT2D eigenvalue weighted by molar-refractivity contribution is 5.97. The maximum atomic E-state index is 12.7. The van der Waals surface area contributed by atoms with E-state index in [1.807, 2.05) is 48.2 Å². The number of nitrogens with zero attached hydrogens (tertiary/aromatic N) is 1. The van der Waals surface area contributed by atoms with Gasteiger partial charge in [-0.15, -0.1) is 0 Å². The van der Waals surface area contributed by atoms with Crippen molar-refractivity contribution in [1.82, 2.24) is 10.2 Å². The Hall–Kier alpha value is -2.82. The van der Waals surface area contributed by atoms with E-state index in [4.69, 9.17) is 4.74 Å². The first-order valence-corrected chi connectivity index (χ1v) is 8.89. The number of likely N-dealkylation sites (tertiary alicyclic amines) is 1. The van der Waals surface area contributed by atoms with Crippen LogP contribution in [0.1, 0.15) is 39.1 Å². The van der Waals surface area contributed by atoms with Crippen molar-refractivity contribution in [2.75, 3.05) is 20.2 Å². The van der Waals surface area contributed by atoms with Crippen LogP contribution >= 0.6 is 0 Å². The minimum Gasteiger partial charge on any atom is -0.496 e. The summed E-state index contributed by atoms with van der Waals surface area (Å²) in [6.45, 7) is 3.24. The summed E-state index contributed by atoms with van der Waals surface area (Å²) in [5.74, 6) is 0.501. The van der Waals surface area contributed by atoms with Gasteiger partial charge in [-0.3, -0.25) is 9.59 Å². The van der Waals surface area contributed by atoms with Gasteiger partial charge in [-0.2, -0.15) is 0 Å². The van der Waals surface area contributed by atoms with Crippen molar-refractivity contribution in [2.24, 2.45) is 0 Å². The molecule has 2 aromatic carbocycles. The maximum absolute atomic E-state index is 12.7. The van der Waals surface area contributed by atoms with Crippen molar-refractivity contribution < 1.29 is 14.3 Å². The zero-order chi connectivity index (χ0) is 18.5. The molecule has 136 valence electrons. The molecule has 5 nitrogen and oxygen atoms in total. The topological polar surface area (TPSA) is 58.6 Å². The van der Waals surface area contributed by atoms with E-state index < -0.39 is 0 Å². The number of para-hydroxylation sites is 1. The van der Waals surface area contributed by atoms with Crippen molar-refractivity contribution in [3.8, 4) is 5.75 Å². The Morgan fingerprint density at radius 1 is 1.00 bits per heavy atom. The summed E-state index contributed by atoms with van der Waals surface area (Å²) in [5, 5.41) is 3.06. The standard InChI is InChI=1S/C21H24N2O3/c1-15-7-3-4-8-17(15)21(25)23-13-11-16(12-14-23)22-20(24)18-9-5-6-10-19(18)26-2/h3-10,16H,11-14H2,1-2H3,(H,22,24). The second-order valence-electron chi connectivity index (χ2n) is 6.56. The number of hydrogen-bond acceptors (Lipinski definition) is 3. The lowest BCUT2D eigenvalue weighted by Gasteiger charge is -2.32. The molecule has 0 bridgehead atoms. The molecule has 0 aromatic heterocycles. The molecular weight excluding hydrogens is 328 g/mol. The van der Waals surface area contributed by atoms with Crippen molar-refractivity contribution >= 4 is 11.8 Å². The third-order valence-corrected chi connectivity index (χ3v) is 4.84. The van der Waals surface area contributed by atoms with E-state index in [2.05, 4.69) is 5.32 Å². The number of benzene rings is 2. The molecule has 26 heavy (non-hydrogen) atoms. The highest BCUT2D eigenvalue weighted by Crippen LogP contribution is 2.19. The summed E-state index contributed by atoms with van der Waals surface area (Å²) in [5.41, 5.74) is 2.28. The first-order valence-electron chi connectivity index (χ1n) is 8.89. The van der Waals surface area contributed by atoms with Crippen LogP contribution in [0.2, 0.25) is 0 Å². The number of methoxy groups -OCH3 is 1. The molecule has 0 spiro atoms. The Kier molecular flexibility index (Phi) is 5.56. The molecule has 0 atom stereocenters. The van der Waals surface area contributed by atoms with Crippen LogP contribution in [0, 0.1) is 6.92 Å². The molecule has 1 aliphatic rings. The number of piperidine rings is 1. The molecular formula is C21H24N2O3. The number of rotatable bonds is 4. The second kappa shape index (κ2) is 8.04. The summed E-state index contributed by atoms with van der Waals surface area (Å²) in [6, 6.07) is 14.9. The molecule has 5 heteroatoms. The van der Waals surface area contributed by atoms with E-state index >= 15 is 0 Å². The summed E-state index contributed by atoms with van der Waals surface area (Å²) >= 11 is 0. The van der Waals surface area contributed by atoms with Gasteiger partial charge in [0.1, 0.15) is 5.75 Å². The van der Waals surface area contributed by atoms with Crippen LogP contribution in [0.4, 0.5) is 0 Å². The average Bonchev–Trinajstić information content (AvgIpc) is 2.68. The number of carbonyl (C=O) groups excluding carboxylic acids is 2. The Morgan fingerprint density at radius 2 is 1.62 bits per heavy atom. The highest BCUT2D eigenvalue weighted by atomic mass is 16.5. The van der Waals surface area contributed by atoms with E-state index in [0.717, 1.165) is 24.0 Å². The third-order valence-electron chi connectivity index (χ3n) is 4.84. The van der Waals surface area contributed by atoms with E-state index in [1.54, 1.807) is 19.2 Å². The molecule has 1 heterocycles. The summed E-state index contributed by atoms with van der Waals surface area (Å²) in [4.78, 5) is 27.0. The zero-order valence-electron chi connectivity index (χ0n) is 15.2. The molecule has 0 radical (unpaired) electrons. The fraction of sp³-hybridized carbons (Fsp3) is 0.333. The lowest BCUT2D eigenvalue weighted by molar-refractivity contribution is 0.0697. The van der Waals surface area contributed by atoms with Crippen LogP contribution in [-0.4, -0.2) is 43.0 Å². The minimum atomic E-state index is -0.133. The first-order chi connectivity index (χ1) is 12.6. The Bertz CT molecular complexity index is 795. The number of amides is 2. The van der Waals surface area contributed by atoms with E-state index in [0.29, 0.717) is 24.4 Å². The van der Waals surface area contributed by atoms with Crippen LogP contribution < -0.4 is 10.1 Å². The molecule has 1 fully saturated rings. The van der Waals surface area contributed by atoms with Gasteiger partial charge >= 0.3 is 0 Å². The van der Waals surface area contributed by atoms with Crippen LogP contribution in [0.15, 0.2) is 48.5 Å². The van der Waals surface area contributed by atoms with E-state index in [1.165, 1.54) is 0 Å². The number of nitrogens with one attached hydrogen (secondary N) is 1. The van der Waals surface area contributed by atoms with Gasteiger partial charge in [0.05, 0.1) is 12.7 Å². The van der Waals surface area contributed by atoms with Crippen LogP contribution in [0.3, 0.4) is 0 Å². The molecule has 2 amide bonds. The zero-order valence-corrected chi connectivity index (χ0v) is 15.2. The molecule has 1 aliphatic heterocycles. The molecule has 1 saturated heterocycles. The number of hydrogen-bond donors (Lipinski definition) is 1. The normalized spacial score (nSPS) is 14.8. The Labute approximate surface area is 154 Å². The van der Waals surface area contributed by atoms with Crippen LogP contribution in [-0.2, 0) is 0 Å². The van der Waals surface area contributed by atoms with Crippen LogP contribution in [0.5, 0.6) is 5.75 Å². The molecule has 1 N–H and O–H groups in total. The Balaban J connectivity index is 1.58. The number of ether oxygens (including phenoxy) is 1. The van der Waals surface area contributed by atoms with Crippen molar-refractivity contribution in [3.05, 3.63) is 65.2 Å². The number of aryl methyl sites for hydroxylation is 1. The molecule has 3 rings (SSSR count). The molecule has 0 saturated carbocycles. The quantitative estimate of drug-likeness (QED) is 0.920. The Morgan fingerprint density at radius 3 is 2.27 bits per heavy atom.